The van der Waals surface area contributed by atoms with E-state index >= 15 is 0 Å². The van der Waals surface area contributed by atoms with Crippen LogP contribution in [0.1, 0.15) is 19.8 Å². The van der Waals surface area contributed by atoms with Crippen LogP contribution in [0.2, 0.25) is 0 Å². The van der Waals surface area contributed by atoms with Crippen molar-refractivity contribution in [2.24, 2.45) is 17.6 Å². The van der Waals surface area contributed by atoms with Crippen LogP contribution in [0.25, 0.3) is 0 Å². The van der Waals surface area contributed by atoms with Crippen molar-refractivity contribution in [1.82, 2.24) is 9.80 Å². The van der Waals surface area contributed by atoms with Crippen LogP contribution >= 0.6 is 0 Å². The first-order chi connectivity index (χ1) is 8.91. The summed E-state index contributed by atoms with van der Waals surface area (Å²) in [5.74, 6) is -1.76. The lowest BCUT2D eigenvalue weighted by Gasteiger charge is -2.43. The topological polar surface area (TPSA) is 104 Å². The number of urea groups is 1. The van der Waals surface area contributed by atoms with E-state index in [1.54, 1.807) is 11.8 Å². The highest BCUT2D eigenvalue weighted by Crippen LogP contribution is 2.27. The van der Waals surface area contributed by atoms with E-state index in [0.29, 0.717) is 26.1 Å². The van der Waals surface area contributed by atoms with Gasteiger partial charge in [0, 0.05) is 25.6 Å². The Balaban J connectivity index is 1.89. The molecule has 106 valence electrons. The molecule has 2 aliphatic rings. The molecule has 2 heterocycles. The number of aliphatic carboxylic acids is 1. The number of nitrogens with two attached hydrogens (primary N) is 1. The fourth-order valence-corrected chi connectivity index (χ4v) is 2.66. The number of carboxylic acid groups (broad SMARTS) is 1. The van der Waals surface area contributed by atoms with Crippen molar-refractivity contribution in [2.45, 2.75) is 25.8 Å². The Bertz CT molecular complexity index is 406. The fraction of sp³-hybridized carbons (Fsp3) is 0.750. The number of carbonyl (C=O) groups is 3. The number of likely N-dealkylation sites (tertiary alicyclic amines) is 2. The standard InChI is InChI=1S/C12H19N3O4/c1-7(11(17)18)8-5-14(6-8)12(19)15-4-2-3-9(15)10(13)16/h7-9H,2-6H2,1H3,(H2,13,16)(H,17,18). The molecule has 2 unspecified atom stereocenters. The van der Waals surface area contributed by atoms with Crippen molar-refractivity contribution >= 4 is 17.9 Å². The second kappa shape index (κ2) is 5.07. The summed E-state index contributed by atoms with van der Waals surface area (Å²) in [5, 5.41) is 8.89. The molecule has 7 nitrogen and oxygen atoms in total. The molecule has 0 saturated carbocycles. The van der Waals surface area contributed by atoms with Crippen LogP contribution in [-0.2, 0) is 9.59 Å². The van der Waals surface area contributed by atoms with Crippen molar-refractivity contribution in [3.63, 3.8) is 0 Å². The number of hydrogen-bond acceptors (Lipinski definition) is 3. The Kier molecular flexibility index (Phi) is 3.64. The van der Waals surface area contributed by atoms with Crippen LogP contribution < -0.4 is 5.73 Å². The van der Waals surface area contributed by atoms with E-state index < -0.39 is 23.8 Å². The molecule has 0 spiro atoms. The van der Waals surface area contributed by atoms with E-state index in [4.69, 9.17) is 10.8 Å². The van der Waals surface area contributed by atoms with E-state index in [-0.39, 0.29) is 11.9 Å². The molecule has 19 heavy (non-hydrogen) atoms. The Hall–Kier alpha value is -1.79. The van der Waals surface area contributed by atoms with Gasteiger partial charge >= 0.3 is 12.0 Å². The van der Waals surface area contributed by atoms with Gasteiger partial charge in [-0.3, -0.25) is 9.59 Å². The molecule has 2 fully saturated rings. The van der Waals surface area contributed by atoms with Crippen molar-refractivity contribution in [3.05, 3.63) is 0 Å². The van der Waals surface area contributed by atoms with Crippen LogP contribution in [0.15, 0.2) is 0 Å². The molecule has 3 N–H and O–H groups in total. The quantitative estimate of drug-likeness (QED) is 0.734. The molecule has 0 aliphatic carbocycles. The molecule has 0 aromatic rings. The summed E-state index contributed by atoms with van der Waals surface area (Å²) < 4.78 is 0. The molecule has 0 aromatic carbocycles. The molecular formula is C12H19N3O4. The molecule has 2 aliphatic heterocycles. The maximum atomic E-state index is 12.2. The fourth-order valence-electron chi connectivity index (χ4n) is 2.66. The minimum absolute atomic E-state index is 0.00363. The third kappa shape index (κ3) is 2.50. The third-order valence-corrected chi connectivity index (χ3v) is 4.10. The van der Waals surface area contributed by atoms with Crippen LogP contribution in [0.4, 0.5) is 4.79 Å². The van der Waals surface area contributed by atoms with Crippen LogP contribution in [0, 0.1) is 11.8 Å². The average Bonchev–Trinajstić information content (AvgIpc) is 2.75. The van der Waals surface area contributed by atoms with Crippen molar-refractivity contribution in [3.8, 4) is 0 Å². The van der Waals surface area contributed by atoms with E-state index in [9.17, 15) is 14.4 Å². The van der Waals surface area contributed by atoms with Crippen molar-refractivity contribution in [1.29, 1.82) is 0 Å². The third-order valence-electron chi connectivity index (χ3n) is 4.10. The molecular weight excluding hydrogens is 250 g/mol. The number of rotatable bonds is 3. The summed E-state index contributed by atoms with van der Waals surface area (Å²) in [6.45, 7) is 3.07. The lowest BCUT2D eigenvalue weighted by molar-refractivity contribution is -0.144. The monoisotopic (exact) mass is 269 g/mol. The van der Waals surface area contributed by atoms with Gasteiger partial charge < -0.3 is 20.6 Å². The van der Waals surface area contributed by atoms with Gasteiger partial charge in [-0.25, -0.2) is 4.79 Å². The van der Waals surface area contributed by atoms with Gasteiger partial charge in [-0.05, 0) is 12.8 Å². The zero-order valence-electron chi connectivity index (χ0n) is 10.9. The predicted octanol–water partition coefficient (Wildman–Crippen LogP) is -0.291. The molecule has 2 rings (SSSR count). The largest absolute Gasteiger partial charge is 0.481 e. The summed E-state index contributed by atoms with van der Waals surface area (Å²) in [6.07, 6.45) is 1.39. The number of nitrogens with zero attached hydrogens (tertiary/aromatic N) is 2. The molecule has 0 bridgehead atoms. The van der Waals surface area contributed by atoms with Crippen LogP contribution in [0.3, 0.4) is 0 Å². The highest BCUT2D eigenvalue weighted by atomic mass is 16.4. The van der Waals surface area contributed by atoms with E-state index in [1.807, 2.05) is 0 Å². The van der Waals surface area contributed by atoms with Gasteiger partial charge in [0.15, 0.2) is 0 Å². The lowest BCUT2D eigenvalue weighted by atomic mass is 9.87. The second-order valence-electron chi connectivity index (χ2n) is 5.33. The molecule has 2 saturated heterocycles. The van der Waals surface area contributed by atoms with Gasteiger partial charge in [0.2, 0.25) is 5.91 Å². The Morgan fingerprint density at radius 3 is 2.47 bits per heavy atom. The summed E-state index contributed by atoms with van der Waals surface area (Å²) in [5.41, 5.74) is 5.27. The van der Waals surface area contributed by atoms with Crippen LogP contribution in [-0.4, -0.2) is 58.5 Å². The van der Waals surface area contributed by atoms with Gasteiger partial charge in [-0.1, -0.05) is 6.92 Å². The number of amides is 3. The lowest BCUT2D eigenvalue weighted by Crippen LogP contribution is -2.59. The summed E-state index contributed by atoms with van der Waals surface area (Å²) >= 11 is 0. The van der Waals surface area contributed by atoms with Crippen LogP contribution in [0.5, 0.6) is 0 Å². The van der Waals surface area contributed by atoms with Crippen molar-refractivity contribution < 1.29 is 19.5 Å². The van der Waals surface area contributed by atoms with E-state index in [0.717, 1.165) is 6.42 Å². The second-order valence-corrected chi connectivity index (χ2v) is 5.33. The van der Waals surface area contributed by atoms with Gasteiger partial charge in [-0.2, -0.15) is 0 Å². The Morgan fingerprint density at radius 2 is 1.95 bits per heavy atom. The van der Waals surface area contributed by atoms with Gasteiger partial charge in [0.05, 0.1) is 5.92 Å². The normalized spacial score (nSPS) is 25.0. The molecule has 3 amide bonds. The molecule has 0 radical (unpaired) electrons. The number of hydrogen-bond donors (Lipinski definition) is 2. The zero-order chi connectivity index (χ0) is 14.2. The van der Waals surface area contributed by atoms with Gasteiger partial charge in [0.25, 0.3) is 0 Å². The Labute approximate surface area is 111 Å². The highest BCUT2D eigenvalue weighted by molar-refractivity contribution is 5.87. The number of carboxylic acids is 1. The van der Waals surface area contributed by atoms with E-state index in [1.165, 1.54) is 4.90 Å². The maximum Gasteiger partial charge on any atom is 0.320 e. The summed E-state index contributed by atoms with van der Waals surface area (Å²) in [4.78, 5) is 37.3. The molecule has 0 aromatic heterocycles. The maximum absolute atomic E-state index is 12.2. The van der Waals surface area contributed by atoms with Gasteiger partial charge in [-0.15, -0.1) is 0 Å². The summed E-state index contributed by atoms with van der Waals surface area (Å²) in [6, 6.07) is -0.710. The van der Waals surface area contributed by atoms with Crippen molar-refractivity contribution in [2.75, 3.05) is 19.6 Å². The summed E-state index contributed by atoms with van der Waals surface area (Å²) in [7, 11) is 0. The van der Waals surface area contributed by atoms with E-state index in [2.05, 4.69) is 0 Å². The zero-order valence-corrected chi connectivity index (χ0v) is 10.9. The minimum Gasteiger partial charge on any atom is -0.481 e. The highest BCUT2D eigenvalue weighted by Gasteiger charge is 2.42. The molecule has 7 heteroatoms. The predicted molar refractivity (Wildman–Crippen MR) is 66.2 cm³/mol. The van der Waals surface area contributed by atoms with Gasteiger partial charge in [0.1, 0.15) is 6.04 Å². The minimum atomic E-state index is -0.840. The molecule has 2 atom stereocenters. The first-order valence-electron chi connectivity index (χ1n) is 6.49. The number of primary amides is 1. The first-order valence-corrected chi connectivity index (χ1v) is 6.49. The number of carbonyl (C=O) groups excluding carboxylic acids is 2. The Morgan fingerprint density at radius 1 is 1.32 bits per heavy atom. The first kappa shape index (κ1) is 13.6. The smallest absolute Gasteiger partial charge is 0.320 e. The average molecular weight is 269 g/mol. The SMILES string of the molecule is CC(C(=O)O)C1CN(C(=O)N2CCCC2C(N)=O)C1.